The van der Waals surface area contributed by atoms with Gasteiger partial charge in [0.15, 0.2) is 11.6 Å². The normalized spacial score (nSPS) is 28.7. The smallest absolute Gasteiger partial charge is 0.327 e. The molecule has 7 N–H and O–H groups in total. The van der Waals surface area contributed by atoms with E-state index >= 15 is 0 Å². The number of aliphatic hydroxyl groups is 3. The van der Waals surface area contributed by atoms with Crippen LogP contribution in [0.4, 0.5) is 0 Å². The van der Waals surface area contributed by atoms with E-state index in [0.717, 1.165) is 13.0 Å². The SMILES string of the molecule is CC(=O)N[C@@H](CSC1=C2NC(=O)/C=C/C=C/C=C/[C@H](C)[C@@H](O)CC(=O)/C(C)=C/C[C@@H](O)/C=C\[C@H](C)[C@H](O)[C@@H](C)/C=C(\C)C(=O)c3c(O)c(C)cc(c3C1=O)C2=O)C(=O)O. The third kappa shape index (κ3) is 12.8. The van der Waals surface area contributed by atoms with Crippen LogP contribution in [0.25, 0.3) is 0 Å². The van der Waals surface area contributed by atoms with E-state index < -0.39 is 110 Å². The lowest BCUT2D eigenvalue weighted by Crippen LogP contribution is -2.42. The topological polar surface area (TPSA) is 245 Å². The molecule has 2 aliphatic heterocycles. The third-order valence-electron chi connectivity index (χ3n) is 9.86. The zero-order valence-electron chi connectivity index (χ0n) is 34.0. The molecule has 1 aliphatic carbocycles. The van der Waals surface area contributed by atoms with Gasteiger partial charge in [0.2, 0.25) is 23.4 Å². The Morgan fingerprint density at radius 1 is 0.847 bits per heavy atom. The Hall–Kier alpha value is -5.48. The van der Waals surface area contributed by atoms with Crippen LogP contribution in [0.15, 0.2) is 88.6 Å². The van der Waals surface area contributed by atoms with Crippen molar-refractivity contribution in [3.05, 3.63) is 111 Å². The minimum atomic E-state index is -1.52. The Morgan fingerprint density at radius 2 is 1.51 bits per heavy atom. The van der Waals surface area contributed by atoms with Crippen LogP contribution >= 0.6 is 11.8 Å². The van der Waals surface area contributed by atoms with Crippen molar-refractivity contribution in [3.63, 3.8) is 0 Å². The van der Waals surface area contributed by atoms with Crippen LogP contribution in [-0.2, 0) is 19.2 Å². The first-order valence-electron chi connectivity index (χ1n) is 19.0. The molecule has 0 spiro atoms. The number of aromatic hydroxyl groups is 1. The van der Waals surface area contributed by atoms with Gasteiger partial charge in [-0.25, -0.2) is 4.79 Å². The number of rotatable bonds is 5. The number of allylic oxidation sites excluding steroid dienone is 8. The summed E-state index contributed by atoms with van der Waals surface area (Å²) in [4.78, 5) is 92.0. The van der Waals surface area contributed by atoms with Crippen molar-refractivity contribution >= 4 is 52.7 Å². The highest BCUT2D eigenvalue weighted by atomic mass is 32.2. The zero-order valence-corrected chi connectivity index (χ0v) is 34.8. The number of benzene rings is 1. The van der Waals surface area contributed by atoms with Crippen molar-refractivity contribution in [2.75, 3.05) is 5.75 Å². The molecular formula is C44H52N2O12S. The number of amides is 2. The minimum Gasteiger partial charge on any atom is -0.507 e. The third-order valence-corrected chi connectivity index (χ3v) is 11.0. The number of aliphatic carboxylic acids is 1. The molecule has 2 amide bonds. The van der Waals surface area contributed by atoms with Crippen molar-refractivity contribution in [1.82, 2.24) is 10.6 Å². The summed E-state index contributed by atoms with van der Waals surface area (Å²) in [6.45, 7) is 10.6. The number of hydrogen-bond acceptors (Lipinski definition) is 12. The van der Waals surface area contributed by atoms with Crippen LogP contribution in [0.3, 0.4) is 0 Å². The lowest BCUT2D eigenvalue weighted by molar-refractivity contribution is -0.140. The molecule has 0 aromatic heterocycles. The van der Waals surface area contributed by atoms with Crippen LogP contribution in [0, 0.1) is 24.7 Å². The number of aryl methyl sites for hydroxylation is 1. The number of carbonyl (C=O) groups excluding carboxylic acids is 6. The molecule has 4 rings (SSSR count). The molecule has 1 aromatic rings. The van der Waals surface area contributed by atoms with Crippen LogP contribution in [0.2, 0.25) is 0 Å². The standard InChI is InChI=1S/C44H52N2O12S/c1-22-12-10-8-9-11-13-34(51)46-37-41(55)30-19-27(6)40(54)36(35(30)42(56)43(37)59-21-31(44(57)58)45-28(7)47)39(53)26(5)18-25(4)38(52)24(3)15-17-29(48)16-14-23(2)33(50)20-32(22)49/h8-15,17-19,22,24-25,29,31-32,38,48-49,52,54H,16,20-21H2,1-7H3,(H,45,47)(H,46,51)(H,57,58)/b9-8+,12-10+,13-11+,17-15-,23-14+,26-18+/t22-,24-,25-,29+,31-,32-,38-/m0/s1. The van der Waals surface area contributed by atoms with Gasteiger partial charge in [0.1, 0.15) is 17.5 Å². The molecule has 0 fully saturated rings. The van der Waals surface area contributed by atoms with E-state index in [1.54, 1.807) is 58.1 Å². The Kier molecular flexibility index (Phi) is 17.5. The van der Waals surface area contributed by atoms with Gasteiger partial charge in [-0.1, -0.05) is 75.5 Å². The van der Waals surface area contributed by atoms with Gasteiger partial charge >= 0.3 is 5.97 Å². The Bertz CT molecular complexity index is 2090. The predicted molar refractivity (Wildman–Crippen MR) is 223 cm³/mol. The number of aliphatic hydroxyl groups excluding tert-OH is 3. The molecule has 4 bridgehead atoms. The predicted octanol–water partition coefficient (Wildman–Crippen LogP) is 4.38. The van der Waals surface area contributed by atoms with E-state index in [9.17, 15) is 59.1 Å². The van der Waals surface area contributed by atoms with Crippen molar-refractivity contribution in [1.29, 1.82) is 0 Å². The second-order valence-corrected chi connectivity index (χ2v) is 15.8. The quantitative estimate of drug-likeness (QED) is 0.204. The van der Waals surface area contributed by atoms with E-state index in [-0.39, 0.29) is 35.3 Å². The number of carboxylic acids is 1. The van der Waals surface area contributed by atoms with E-state index in [1.165, 1.54) is 44.2 Å². The van der Waals surface area contributed by atoms with Gasteiger partial charge in [0.05, 0.1) is 28.8 Å². The summed E-state index contributed by atoms with van der Waals surface area (Å²) in [7, 11) is 0. The summed E-state index contributed by atoms with van der Waals surface area (Å²) in [5, 5.41) is 58.0. The summed E-state index contributed by atoms with van der Waals surface area (Å²) >= 11 is 0.556. The van der Waals surface area contributed by atoms with Gasteiger partial charge in [-0.3, -0.25) is 28.8 Å². The lowest BCUT2D eigenvalue weighted by atomic mass is 9.83. The number of carboxylic acid groups (broad SMARTS) is 1. The largest absolute Gasteiger partial charge is 0.507 e. The van der Waals surface area contributed by atoms with Crippen molar-refractivity contribution < 1.29 is 59.1 Å². The number of carbonyl (C=O) groups is 7. The molecule has 0 saturated carbocycles. The van der Waals surface area contributed by atoms with E-state index in [2.05, 4.69) is 10.6 Å². The number of phenols is 1. The molecule has 15 heteroatoms. The molecule has 0 radical (unpaired) electrons. The molecule has 59 heavy (non-hydrogen) atoms. The molecule has 3 aliphatic rings. The fourth-order valence-electron chi connectivity index (χ4n) is 6.24. The number of nitrogens with one attached hydrogen (secondary N) is 2. The first-order chi connectivity index (χ1) is 27.7. The highest BCUT2D eigenvalue weighted by Crippen LogP contribution is 2.40. The number of Topliss-reactive ketones (excluding diaryl/α,β-unsaturated/α-hetero) is 4. The zero-order chi connectivity index (χ0) is 44.3. The highest BCUT2D eigenvalue weighted by molar-refractivity contribution is 8.04. The first kappa shape index (κ1) is 47.9. The van der Waals surface area contributed by atoms with E-state index in [0.29, 0.717) is 17.3 Å². The lowest BCUT2D eigenvalue weighted by Gasteiger charge is -2.25. The monoisotopic (exact) mass is 832 g/mol. The molecule has 316 valence electrons. The Balaban J connectivity index is 2.19. The second kappa shape index (κ2) is 21.5. The number of ketones is 4. The van der Waals surface area contributed by atoms with Crippen molar-refractivity contribution in [2.24, 2.45) is 17.8 Å². The molecule has 1 aromatic carbocycles. The number of phenolic OH excluding ortho intramolecular Hbond substituents is 1. The Morgan fingerprint density at radius 3 is 2.15 bits per heavy atom. The van der Waals surface area contributed by atoms with Gasteiger partial charge in [0, 0.05) is 54.1 Å². The van der Waals surface area contributed by atoms with Crippen LogP contribution < -0.4 is 10.6 Å². The summed E-state index contributed by atoms with van der Waals surface area (Å²) in [6, 6.07) is -0.315. The van der Waals surface area contributed by atoms with Crippen LogP contribution in [0.1, 0.15) is 91.0 Å². The molecule has 7 atom stereocenters. The minimum absolute atomic E-state index is 0.00628. The second-order valence-electron chi connectivity index (χ2n) is 14.7. The summed E-state index contributed by atoms with van der Waals surface area (Å²) in [5.41, 5.74) is -1.35. The molecule has 14 nitrogen and oxygen atoms in total. The Labute approximate surface area is 347 Å². The fourth-order valence-corrected chi connectivity index (χ4v) is 7.32. The van der Waals surface area contributed by atoms with Gasteiger partial charge in [0.25, 0.3) is 0 Å². The molecular weight excluding hydrogens is 781 g/mol. The van der Waals surface area contributed by atoms with Crippen molar-refractivity contribution in [3.8, 4) is 5.75 Å². The number of thioether (sulfide) groups is 1. The maximum atomic E-state index is 14.4. The van der Waals surface area contributed by atoms with Crippen LogP contribution in [0.5, 0.6) is 5.75 Å². The number of hydrogen-bond donors (Lipinski definition) is 7. The summed E-state index contributed by atoms with van der Waals surface area (Å²) < 4.78 is 0. The first-order valence-corrected chi connectivity index (χ1v) is 20.0. The van der Waals surface area contributed by atoms with Crippen LogP contribution in [-0.4, -0.2) is 96.6 Å². The molecule has 2 heterocycles. The van der Waals surface area contributed by atoms with E-state index in [4.69, 9.17) is 0 Å². The molecule has 0 unspecified atom stereocenters. The summed E-state index contributed by atoms with van der Waals surface area (Å²) in [5.74, 6) is -8.71. The average molecular weight is 833 g/mol. The maximum absolute atomic E-state index is 14.4. The molecule has 0 saturated heterocycles. The van der Waals surface area contributed by atoms with Gasteiger partial charge in [-0.05, 0) is 50.0 Å². The van der Waals surface area contributed by atoms with Gasteiger partial charge in [-0.15, -0.1) is 11.8 Å². The van der Waals surface area contributed by atoms with Gasteiger partial charge in [-0.2, -0.15) is 0 Å². The maximum Gasteiger partial charge on any atom is 0.327 e. The van der Waals surface area contributed by atoms with E-state index in [1.807, 2.05) is 0 Å². The van der Waals surface area contributed by atoms with Gasteiger partial charge < -0.3 is 36.2 Å². The number of fused-ring (bicyclic) bond motifs is 18. The fraction of sp³-hybridized carbons (Fsp3) is 0.386. The summed E-state index contributed by atoms with van der Waals surface area (Å²) in [6.07, 6.45) is 11.6. The highest BCUT2D eigenvalue weighted by Gasteiger charge is 2.39. The average Bonchev–Trinajstić information content (AvgIpc) is 3.17. The van der Waals surface area contributed by atoms with Crippen molar-refractivity contribution in [2.45, 2.75) is 85.7 Å².